The van der Waals surface area contributed by atoms with Crippen LogP contribution in [0.25, 0.3) is 0 Å². The lowest BCUT2D eigenvalue weighted by Gasteiger charge is -2.13. The van der Waals surface area contributed by atoms with Crippen LogP contribution in [0.1, 0.15) is 12.5 Å². The highest BCUT2D eigenvalue weighted by molar-refractivity contribution is 9.10. The number of esters is 1. The van der Waals surface area contributed by atoms with Crippen LogP contribution in [0.3, 0.4) is 0 Å². The summed E-state index contributed by atoms with van der Waals surface area (Å²) in [6.45, 7) is 1.56. The third-order valence-electron chi connectivity index (χ3n) is 1.90. The lowest BCUT2D eigenvalue weighted by atomic mass is 10.2. The zero-order valence-electron chi connectivity index (χ0n) is 8.86. The number of ether oxygens (including phenoxy) is 2. The second-order valence-corrected chi connectivity index (χ2v) is 3.95. The first kappa shape index (κ1) is 12.5. The summed E-state index contributed by atoms with van der Waals surface area (Å²) >= 11 is 3.25. The van der Waals surface area contributed by atoms with E-state index in [9.17, 15) is 4.79 Å². The SMILES string of the molecule is COC(=O)[C@@H](C)Oc1ccc(Br)cc1C#N. The van der Waals surface area contributed by atoms with Crippen molar-refractivity contribution >= 4 is 21.9 Å². The number of halogens is 1. The molecule has 0 aliphatic rings. The fraction of sp³-hybridized carbons (Fsp3) is 0.273. The van der Waals surface area contributed by atoms with Crippen LogP contribution >= 0.6 is 15.9 Å². The second-order valence-electron chi connectivity index (χ2n) is 3.04. The van der Waals surface area contributed by atoms with Gasteiger partial charge in [-0.15, -0.1) is 0 Å². The van der Waals surface area contributed by atoms with E-state index >= 15 is 0 Å². The van der Waals surface area contributed by atoms with Gasteiger partial charge in [-0.05, 0) is 25.1 Å². The van der Waals surface area contributed by atoms with Crippen molar-refractivity contribution < 1.29 is 14.3 Å². The number of rotatable bonds is 3. The first-order valence-electron chi connectivity index (χ1n) is 4.52. The van der Waals surface area contributed by atoms with Crippen LogP contribution < -0.4 is 4.74 Å². The van der Waals surface area contributed by atoms with Gasteiger partial charge in [-0.3, -0.25) is 0 Å². The van der Waals surface area contributed by atoms with Gasteiger partial charge in [0.15, 0.2) is 6.10 Å². The zero-order valence-corrected chi connectivity index (χ0v) is 10.4. The monoisotopic (exact) mass is 283 g/mol. The minimum atomic E-state index is -0.738. The van der Waals surface area contributed by atoms with Crippen molar-refractivity contribution in [2.24, 2.45) is 0 Å². The molecule has 0 saturated heterocycles. The molecular weight excluding hydrogens is 274 g/mol. The fourth-order valence-corrected chi connectivity index (χ4v) is 1.46. The summed E-state index contributed by atoms with van der Waals surface area (Å²) in [4.78, 5) is 11.1. The Labute approximate surface area is 102 Å². The molecule has 0 amide bonds. The van der Waals surface area contributed by atoms with Crippen molar-refractivity contribution in [2.45, 2.75) is 13.0 Å². The highest BCUT2D eigenvalue weighted by Crippen LogP contribution is 2.23. The lowest BCUT2D eigenvalue weighted by molar-refractivity contribution is -0.147. The predicted molar refractivity (Wildman–Crippen MR) is 61.0 cm³/mol. The molecule has 0 saturated carbocycles. The molecule has 1 atom stereocenters. The van der Waals surface area contributed by atoms with Gasteiger partial charge < -0.3 is 9.47 Å². The Morgan fingerprint density at radius 2 is 2.25 bits per heavy atom. The minimum absolute atomic E-state index is 0.364. The van der Waals surface area contributed by atoms with E-state index in [2.05, 4.69) is 20.7 Å². The van der Waals surface area contributed by atoms with Crippen molar-refractivity contribution in [1.29, 1.82) is 5.26 Å². The van der Waals surface area contributed by atoms with Gasteiger partial charge in [-0.2, -0.15) is 5.26 Å². The summed E-state index contributed by atoms with van der Waals surface area (Å²) in [5.74, 6) is -0.115. The quantitative estimate of drug-likeness (QED) is 0.799. The molecule has 0 heterocycles. The molecule has 0 radical (unpaired) electrons. The van der Waals surface area contributed by atoms with Crippen molar-refractivity contribution in [2.75, 3.05) is 7.11 Å². The molecule has 5 heteroatoms. The average molecular weight is 284 g/mol. The van der Waals surface area contributed by atoms with E-state index in [-0.39, 0.29) is 0 Å². The maximum absolute atomic E-state index is 11.1. The summed E-state index contributed by atoms with van der Waals surface area (Å²) < 4.78 is 10.6. The standard InChI is InChI=1S/C11H10BrNO3/c1-7(11(14)15-2)16-10-4-3-9(12)5-8(10)6-13/h3-5,7H,1-2H3/t7-/m1/s1. The largest absolute Gasteiger partial charge is 0.478 e. The highest BCUT2D eigenvalue weighted by atomic mass is 79.9. The topological polar surface area (TPSA) is 59.3 Å². The lowest BCUT2D eigenvalue weighted by Crippen LogP contribution is -2.25. The van der Waals surface area contributed by atoms with Crippen molar-refractivity contribution in [3.05, 3.63) is 28.2 Å². The molecule has 0 spiro atoms. The van der Waals surface area contributed by atoms with E-state index in [4.69, 9.17) is 10.00 Å². The molecular formula is C11H10BrNO3. The smallest absolute Gasteiger partial charge is 0.346 e. The summed E-state index contributed by atoms with van der Waals surface area (Å²) in [5, 5.41) is 8.88. The first-order valence-corrected chi connectivity index (χ1v) is 5.32. The van der Waals surface area contributed by atoms with Crippen LogP contribution in [0.2, 0.25) is 0 Å². The van der Waals surface area contributed by atoms with Crippen LogP contribution in [0.4, 0.5) is 0 Å². The van der Waals surface area contributed by atoms with Gasteiger partial charge >= 0.3 is 5.97 Å². The molecule has 0 aliphatic carbocycles. The van der Waals surface area contributed by atoms with Gasteiger partial charge in [0.2, 0.25) is 0 Å². The van der Waals surface area contributed by atoms with E-state index in [0.717, 1.165) is 4.47 Å². The van der Waals surface area contributed by atoms with Crippen molar-refractivity contribution in [3.8, 4) is 11.8 Å². The van der Waals surface area contributed by atoms with Gasteiger partial charge in [0, 0.05) is 4.47 Å². The number of carbonyl (C=O) groups excluding carboxylic acids is 1. The minimum Gasteiger partial charge on any atom is -0.478 e. The van der Waals surface area contributed by atoms with Crippen LogP contribution in [0, 0.1) is 11.3 Å². The molecule has 1 aromatic carbocycles. The summed E-state index contributed by atoms with van der Waals surface area (Å²) in [5.41, 5.74) is 0.366. The molecule has 84 valence electrons. The summed E-state index contributed by atoms with van der Waals surface area (Å²) in [7, 11) is 1.29. The highest BCUT2D eigenvalue weighted by Gasteiger charge is 2.16. The van der Waals surface area contributed by atoms with E-state index in [0.29, 0.717) is 11.3 Å². The Kier molecular flexibility index (Phi) is 4.32. The Morgan fingerprint density at radius 3 is 2.81 bits per heavy atom. The molecule has 0 unspecified atom stereocenters. The fourth-order valence-electron chi connectivity index (χ4n) is 1.10. The molecule has 0 aliphatic heterocycles. The number of benzene rings is 1. The Morgan fingerprint density at radius 1 is 1.56 bits per heavy atom. The summed E-state index contributed by atoms with van der Waals surface area (Å²) in [6, 6.07) is 6.98. The number of carbonyl (C=O) groups is 1. The number of hydrogen-bond donors (Lipinski definition) is 0. The number of nitriles is 1. The van der Waals surface area contributed by atoms with Gasteiger partial charge in [0.05, 0.1) is 12.7 Å². The second kappa shape index (κ2) is 5.52. The van der Waals surface area contributed by atoms with Crippen LogP contribution in [-0.4, -0.2) is 19.2 Å². The van der Waals surface area contributed by atoms with Gasteiger partial charge in [-0.1, -0.05) is 15.9 Å². The average Bonchev–Trinajstić information content (AvgIpc) is 2.30. The van der Waals surface area contributed by atoms with E-state index in [1.165, 1.54) is 7.11 Å². The van der Waals surface area contributed by atoms with Crippen LogP contribution in [0.5, 0.6) is 5.75 Å². The van der Waals surface area contributed by atoms with E-state index in [1.807, 2.05) is 6.07 Å². The van der Waals surface area contributed by atoms with E-state index in [1.54, 1.807) is 25.1 Å². The van der Waals surface area contributed by atoms with Crippen molar-refractivity contribution in [3.63, 3.8) is 0 Å². The molecule has 0 bridgehead atoms. The van der Waals surface area contributed by atoms with E-state index < -0.39 is 12.1 Å². The maximum atomic E-state index is 11.1. The predicted octanol–water partition coefficient (Wildman–Crippen LogP) is 2.26. The molecule has 1 rings (SSSR count). The van der Waals surface area contributed by atoms with Gasteiger partial charge in [0.25, 0.3) is 0 Å². The van der Waals surface area contributed by atoms with Crippen molar-refractivity contribution in [1.82, 2.24) is 0 Å². The Hall–Kier alpha value is -1.54. The molecule has 0 fully saturated rings. The molecule has 4 nitrogen and oxygen atoms in total. The number of nitrogens with zero attached hydrogens (tertiary/aromatic N) is 1. The van der Waals surface area contributed by atoms with Gasteiger partial charge in [0.1, 0.15) is 11.8 Å². The molecule has 1 aromatic rings. The maximum Gasteiger partial charge on any atom is 0.346 e. The first-order chi connectivity index (χ1) is 7.58. The number of methoxy groups -OCH3 is 1. The van der Waals surface area contributed by atoms with Crippen LogP contribution in [-0.2, 0) is 9.53 Å². The van der Waals surface area contributed by atoms with Crippen LogP contribution in [0.15, 0.2) is 22.7 Å². The molecule has 16 heavy (non-hydrogen) atoms. The normalized spacial score (nSPS) is 11.4. The number of hydrogen-bond acceptors (Lipinski definition) is 4. The zero-order chi connectivity index (χ0) is 12.1. The molecule has 0 N–H and O–H groups in total. The third kappa shape index (κ3) is 2.97. The Balaban J connectivity index is 2.90. The summed E-state index contributed by atoms with van der Waals surface area (Å²) in [6.07, 6.45) is -0.738. The molecule has 0 aromatic heterocycles. The Bertz CT molecular complexity index is 439. The van der Waals surface area contributed by atoms with Gasteiger partial charge in [-0.25, -0.2) is 4.79 Å². The third-order valence-corrected chi connectivity index (χ3v) is 2.39.